The highest BCUT2D eigenvalue weighted by Gasteiger charge is 2.20. The largest absolute Gasteiger partial charge is 0.478 e. The summed E-state index contributed by atoms with van der Waals surface area (Å²) in [5.41, 5.74) is 0.885. The Morgan fingerprint density at radius 2 is 2.23 bits per heavy atom. The van der Waals surface area contributed by atoms with E-state index < -0.39 is 5.97 Å². The molecular formula is C9H6O3S. The summed E-state index contributed by atoms with van der Waals surface area (Å²) >= 11 is 1.39. The number of thioether (sulfide) groups is 1. The van der Waals surface area contributed by atoms with E-state index in [1.54, 1.807) is 12.1 Å². The Balaban J connectivity index is 2.51. The van der Waals surface area contributed by atoms with Crippen LogP contribution in [0.5, 0.6) is 0 Å². The summed E-state index contributed by atoms with van der Waals surface area (Å²) in [5.74, 6) is -0.446. The van der Waals surface area contributed by atoms with Crippen LogP contribution in [0, 0.1) is 0 Å². The maximum atomic E-state index is 11.2. The van der Waals surface area contributed by atoms with Crippen LogP contribution in [0.1, 0.15) is 20.7 Å². The number of rotatable bonds is 1. The third-order valence-corrected chi connectivity index (χ3v) is 2.94. The molecule has 0 bridgehead atoms. The molecule has 0 saturated heterocycles. The molecule has 0 saturated carbocycles. The summed E-state index contributed by atoms with van der Waals surface area (Å²) in [6, 6.07) is 4.60. The van der Waals surface area contributed by atoms with Crippen molar-refractivity contribution in [2.45, 2.75) is 4.90 Å². The zero-order valence-corrected chi connectivity index (χ0v) is 7.43. The first-order chi connectivity index (χ1) is 6.18. The van der Waals surface area contributed by atoms with Crippen molar-refractivity contribution in [3.8, 4) is 0 Å². The number of benzene rings is 1. The highest BCUT2D eigenvalue weighted by Crippen LogP contribution is 2.31. The molecule has 0 radical (unpaired) electrons. The summed E-state index contributed by atoms with van der Waals surface area (Å²) < 4.78 is 0. The summed E-state index contributed by atoms with van der Waals surface area (Å²) in [7, 11) is 0. The van der Waals surface area contributed by atoms with Crippen LogP contribution < -0.4 is 0 Å². The van der Waals surface area contributed by atoms with E-state index in [0.717, 1.165) is 4.90 Å². The Morgan fingerprint density at radius 1 is 1.46 bits per heavy atom. The van der Waals surface area contributed by atoms with Gasteiger partial charge in [-0.2, -0.15) is 0 Å². The zero-order chi connectivity index (χ0) is 9.42. The number of carboxylic acids is 1. The molecule has 1 aromatic rings. The van der Waals surface area contributed by atoms with Crippen LogP contribution in [0.3, 0.4) is 0 Å². The highest BCUT2D eigenvalue weighted by atomic mass is 32.2. The first kappa shape index (κ1) is 8.31. The Morgan fingerprint density at radius 3 is 2.92 bits per heavy atom. The third kappa shape index (κ3) is 1.33. The van der Waals surface area contributed by atoms with E-state index in [0.29, 0.717) is 11.3 Å². The van der Waals surface area contributed by atoms with E-state index in [9.17, 15) is 9.59 Å². The number of Topliss-reactive ketones (excluding diaryl/α,β-unsaturated/α-hetero) is 1. The Labute approximate surface area is 78.8 Å². The van der Waals surface area contributed by atoms with Gasteiger partial charge in [0.15, 0.2) is 5.78 Å². The molecule has 13 heavy (non-hydrogen) atoms. The standard InChI is InChI=1S/C9H6O3S/c10-7-4-13-8-3-5(9(11)12)1-2-6(7)8/h1-3H,4H2,(H,11,12). The van der Waals surface area contributed by atoms with E-state index in [2.05, 4.69) is 0 Å². The lowest BCUT2D eigenvalue weighted by atomic mass is 10.1. The van der Waals surface area contributed by atoms with Crippen LogP contribution in [0.15, 0.2) is 23.1 Å². The van der Waals surface area contributed by atoms with Gasteiger partial charge in [0.05, 0.1) is 11.3 Å². The van der Waals surface area contributed by atoms with Crippen molar-refractivity contribution in [3.63, 3.8) is 0 Å². The van der Waals surface area contributed by atoms with Gasteiger partial charge in [-0.25, -0.2) is 4.79 Å². The average molecular weight is 194 g/mol. The number of carbonyl (C=O) groups excluding carboxylic acids is 1. The minimum Gasteiger partial charge on any atom is -0.478 e. The first-order valence-electron chi connectivity index (χ1n) is 3.72. The molecule has 0 amide bonds. The maximum Gasteiger partial charge on any atom is 0.335 e. The number of carboxylic acid groups (broad SMARTS) is 1. The Hall–Kier alpha value is -1.29. The Bertz CT molecular complexity index is 398. The van der Waals surface area contributed by atoms with Gasteiger partial charge in [0.1, 0.15) is 0 Å². The molecule has 0 atom stereocenters. The quantitative estimate of drug-likeness (QED) is 0.738. The molecule has 1 heterocycles. The summed E-state index contributed by atoms with van der Waals surface area (Å²) in [6.07, 6.45) is 0. The molecule has 0 unspecified atom stereocenters. The molecule has 0 fully saturated rings. The van der Waals surface area contributed by atoms with Crippen LogP contribution >= 0.6 is 11.8 Å². The van der Waals surface area contributed by atoms with Gasteiger partial charge in [0.2, 0.25) is 0 Å². The van der Waals surface area contributed by atoms with Crippen LogP contribution in [-0.4, -0.2) is 22.6 Å². The molecule has 1 aliphatic rings. The van der Waals surface area contributed by atoms with Crippen LogP contribution in [0.25, 0.3) is 0 Å². The molecule has 4 heteroatoms. The molecule has 66 valence electrons. The average Bonchev–Trinajstić information content (AvgIpc) is 2.47. The molecular weight excluding hydrogens is 188 g/mol. The topological polar surface area (TPSA) is 54.4 Å². The molecule has 1 aromatic carbocycles. The van der Waals surface area contributed by atoms with E-state index in [1.165, 1.54) is 17.8 Å². The minimum absolute atomic E-state index is 0.0805. The lowest BCUT2D eigenvalue weighted by Crippen LogP contribution is -1.98. The molecule has 0 aromatic heterocycles. The third-order valence-electron chi connectivity index (χ3n) is 1.89. The molecule has 3 nitrogen and oxygen atoms in total. The van der Waals surface area contributed by atoms with E-state index in [-0.39, 0.29) is 11.3 Å². The van der Waals surface area contributed by atoms with Crippen molar-refractivity contribution >= 4 is 23.5 Å². The second-order valence-corrected chi connectivity index (χ2v) is 3.75. The predicted molar refractivity (Wildman–Crippen MR) is 48.5 cm³/mol. The van der Waals surface area contributed by atoms with Crippen LogP contribution in [0.2, 0.25) is 0 Å². The summed E-state index contributed by atoms with van der Waals surface area (Å²) in [5, 5.41) is 8.69. The number of hydrogen-bond donors (Lipinski definition) is 1. The highest BCUT2D eigenvalue weighted by molar-refractivity contribution is 8.00. The number of aromatic carboxylic acids is 1. The van der Waals surface area contributed by atoms with Gasteiger partial charge < -0.3 is 5.11 Å². The number of hydrogen-bond acceptors (Lipinski definition) is 3. The zero-order valence-electron chi connectivity index (χ0n) is 6.61. The van der Waals surface area contributed by atoms with Crippen LogP contribution in [0.4, 0.5) is 0 Å². The fraction of sp³-hybridized carbons (Fsp3) is 0.111. The summed E-state index contributed by atoms with van der Waals surface area (Å²) in [6.45, 7) is 0. The van der Waals surface area contributed by atoms with Gasteiger partial charge >= 0.3 is 5.97 Å². The van der Waals surface area contributed by atoms with Crippen molar-refractivity contribution in [1.82, 2.24) is 0 Å². The second-order valence-electron chi connectivity index (χ2n) is 2.73. The van der Waals surface area contributed by atoms with Crippen LogP contribution in [-0.2, 0) is 0 Å². The minimum atomic E-state index is -0.956. The van der Waals surface area contributed by atoms with E-state index >= 15 is 0 Å². The lowest BCUT2D eigenvalue weighted by molar-refractivity contribution is 0.0696. The maximum absolute atomic E-state index is 11.2. The van der Waals surface area contributed by atoms with E-state index in [4.69, 9.17) is 5.11 Å². The van der Waals surface area contributed by atoms with Gasteiger partial charge in [-0.05, 0) is 18.2 Å². The lowest BCUT2D eigenvalue weighted by Gasteiger charge is -1.97. The van der Waals surface area contributed by atoms with Gasteiger partial charge in [-0.3, -0.25) is 4.79 Å². The van der Waals surface area contributed by atoms with Crippen molar-refractivity contribution in [1.29, 1.82) is 0 Å². The first-order valence-corrected chi connectivity index (χ1v) is 4.70. The van der Waals surface area contributed by atoms with Crippen molar-refractivity contribution < 1.29 is 14.7 Å². The molecule has 1 aliphatic heterocycles. The second kappa shape index (κ2) is 2.88. The Kier molecular flexibility index (Phi) is 1.84. The molecule has 2 rings (SSSR count). The molecule has 0 spiro atoms. The number of ketones is 1. The number of fused-ring (bicyclic) bond motifs is 1. The molecule has 1 N–H and O–H groups in total. The number of carbonyl (C=O) groups is 2. The van der Waals surface area contributed by atoms with E-state index in [1.807, 2.05) is 0 Å². The monoisotopic (exact) mass is 194 g/mol. The van der Waals surface area contributed by atoms with Gasteiger partial charge in [0, 0.05) is 10.5 Å². The SMILES string of the molecule is O=C(O)c1ccc2c(c1)SCC2=O. The normalized spacial score (nSPS) is 14.3. The fourth-order valence-electron chi connectivity index (χ4n) is 1.23. The smallest absolute Gasteiger partial charge is 0.335 e. The predicted octanol–water partition coefficient (Wildman–Crippen LogP) is 1.67. The fourth-order valence-corrected chi connectivity index (χ4v) is 2.22. The van der Waals surface area contributed by atoms with Crippen molar-refractivity contribution in [2.75, 3.05) is 5.75 Å². The van der Waals surface area contributed by atoms with Crippen molar-refractivity contribution in [2.24, 2.45) is 0 Å². The summed E-state index contributed by atoms with van der Waals surface area (Å²) in [4.78, 5) is 22.5. The molecule has 0 aliphatic carbocycles. The van der Waals surface area contributed by atoms with Crippen molar-refractivity contribution in [3.05, 3.63) is 29.3 Å². The van der Waals surface area contributed by atoms with Gasteiger partial charge in [-0.15, -0.1) is 11.8 Å². The van der Waals surface area contributed by atoms with Gasteiger partial charge in [0.25, 0.3) is 0 Å². The van der Waals surface area contributed by atoms with Gasteiger partial charge in [-0.1, -0.05) is 0 Å².